The van der Waals surface area contributed by atoms with Gasteiger partial charge in [0.2, 0.25) is 0 Å². The maximum absolute atomic E-state index is 5.00. The van der Waals surface area contributed by atoms with Crippen molar-refractivity contribution in [2.24, 2.45) is 0 Å². The van der Waals surface area contributed by atoms with Crippen LogP contribution in [0.3, 0.4) is 0 Å². The van der Waals surface area contributed by atoms with Crippen LogP contribution < -0.4 is 4.90 Å². The molecule has 0 atom stereocenters. The van der Waals surface area contributed by atoms with Crippen molar-refractivity contribution in [3.8, 4) is 45.0 Å². The van der Waals surface area contributed by atoms with E-state index >= 15 is 0 Å². The van der Waals surface area contributed by atoms with Gasteiger partial charge in [-0.2, -0.15) is 0 Å². The van der Waals surface area contributed by atoms with Gasteiger partial charge in [-0.3, -0.25) is 0 Å². The summed E-state index contributed by atoms with van der Waals surface area (Å²) in [4.78, 5) is 12.3. The third kappa shape index (κ3) is 5.79. The first-order chi connectivity index (χ1) is 23.3. The number of hydrogen-bond donors (Lipinski definition) is 0. The second-order valence-electron chi connectivity index (χ2n) is 11.5. The van der Waals surface area contributed by atoms with Crippen molar-refractivity contribution >= 4 is 27.8 Å². The molecule has 0 bridgehead atoms. The van der Waals surface area contributed by atoms with E-state index in [0.717, 1.165) is 56.3 Å². The van der Waals surface area contributed by atoms with Crippen molar-refractivity contribution in [3.05, 3.63) is 188 Å². The Labute approximate surface area is 275 Å². The van der Waals surface area contributed by atoms with Crippen LogP contribution in [-0.2, 0) is 0 Å². The van der Waals surface area contributed by atoms with Crippen LogP contribution in [0.25, 0.3) is 55.8 Å². The molecule has 0 aliphatic heterocycles. The van der Waals surface area contributed by atoms with Crippen LogP contribution in [-0.4, -0.2) is 9.97 Å². The summed E-state index contributed by atoms with van der Waals surface area (Å²) in [5, 5.41) is 2.43. The molecule has 222 valence electrons. The molecule has 0 unspecified atom stereocenters. The van der Waals surface area contributed by atoms with Gasteiger partial charge >= 0.3 is 0 Å². The van der Waals surface area contributed by atoms with Gasteiger partial charge in [0.1, 0.15) is 0 Å². The normalized spacial score (nSPS) is 11.0. The smallest absolute Gasteiger partial charge is 0.160 e. The zero-order valence-electron chi connectivity index (χ0n) is 25.7. The minimum atomic E-state index is 0.709. The third-order valence-corrected chi connectivity index (χ3v) is 8.49. The summed E-state index contributed by atoms with van der Waals surface area (Å²) in [5.74, 6) is 0.709. The zero-order chi connectivity index (χ0) is 31.4. The highest BCUT2D eigenvalue weighted by Crippen LogP contribution is 2.39. The fraction of sp³-hybridized carbons (Fsp3) is 0. The van der Waals surface area contributed by atoms with Gasteiger partial charge in [0, 0.05) is 33.5 Å². The molecule has 0 saturated carbocycles. The molecule has 8 rings (SSSR count). The standard InChI is InChI=1S/C44H31N3/c1-4-14-35(15-5-1)41-31-42(36-16-6-2-7-17-36)46-44(45-41)37-25-23-32(24-26-37)33-27-29-39(30-28-33)47(38-19-8-3-9-20-38)43-22-12-18-34-13-10-11-21-40(34)43/h1-31H. The van der Waals surface area contributed by atoms with E-state index in [4.69, 9.17) is 9.97 Å². The molecule has 0 N–H and O–H groups in total. The maximum atomic E-state index is 5.00. The van der Waals surface area contributed by atoms with Gasteiger partial charge in [-0.1, -0.05) is 152 Å². The van der Waals surface area contributed by atoms with Gasteiger partial charge in [0.05, 0.1) is 17.1 Å². The number of aromatic nitrogens is 2. The van der Waals surface area contributed by atoms with Crippen molar-refractivity contribution in [1.29, 1.82) is 0 Å². The molecule has 1 aromatic heterocycles. The Hall–Kier alpha value is -6.32. The highest BCUT2D eigenvalue weighted by molar-refractivity contribution is 5.99. The first-order valence-electron chi connectivity index (χ1n) is 15.8. The Morgan fingerprint density at radius 2 is 0.809 bits per heavy atom. The van der Waals surface area contributed by atoms with Gasteiger partial charge in [-0.25, -0.2) is 9.97 Å². The predicted molar refractivity (Wildman–Crippen MR) is 196 cm³/mol. The number of anilines is 3. The molecule has 7 aromatic carbocycles. The molecule has 0 spiro atoms. The summed E-state index contributed by atoms with van der Waals surface area (Å²) in [6, 6.07) is 65.6. The minimum absolute atomic E-state index is 0.709. The SMILES string of the molecule is c1ccc(-c2cc(-c3ccccc3)nc(-c3ccc(-c4ccc(N(c5ccccc5)c5cccc6ccccc56)cc4)cc3)n2)cc1. The van der Waals surface area contributed by atoms with Crippen LogP contribution in [0.4, 0.5) is 17.1 Å². The van der Waals surface area contributed by atoms with Crippen LogP contribution >= 0.6 is 0 Å². The predicted octanol–water partition coefficient (Wildman–Crippen LogP) is 11.8. The third-order valence-electron chi connectivity index (χ3n) is 8.49. The second kappa shape index (κ2) is 12.6. The van der Waals surface area contributed by atoms with Crippen molar-refractivity contribution in [2.45, 2.75) is 0 Å². The topological polar surface area (TPSA) is 29.0 Å². The fourth-order valence-electron chi connectivity index (χ4n) is 6.11. The second-order valence-corrected chi connectivity index (χ2v) is 11.5. The number of nitrogens with zero attached hydrogens (tertiary/aromatic N) is 3. The van der Waals surface area contributed by atoms with E-state index in [-0.39, 0.29) is 0 Å². The quantitative estimate of drug-likeness (QED) is 0.182. The molecule has 0 fully saturated rings. The van der Waals surface area contributed by atoms with Crippen LogP contribution in [0.1, 0.15) is 0 Å². The largest absolute Gasteiger partial charge is 0.310 e. The van der Waals surface area contributed by atoms with E-state index in [1.54, 1.807) is 0 Å². The Bertz CT molecular complexity index is 2200. The molecule has 0 radical (unpaired) electrons. The molecule has 47 heavy (non-hydrogen) atoms. The number of benzene rings is 7. The Balaban J connectivity index is 1.13. The molecule has 3 heteroatoms. The summed E-state index contributed by atoms with van der Waals surface area (Å²) in [5.41, 5.74) is 10.6. The summed E-state index contributed by atoms with van der Waals surface area (Å²) in [6.45, 7) is 0. The van der Waals surface area contributed by atoms with Crippen molar-refractivity contribution in [1.82, 2.24) is 9.97 Å². The van der Waals surface area contributed by atoms with E-state index < -0.39 is 0 Å². The van der Waals surface area contributed by atoms with E-state index in [9.17, 15) is 0 Å². The molecular formula is C44H31N3. The highest BCUT2D eigenvalue weighted by atomic mass is 15.1. The monoisotopic (exact) mass is 601 g/mol. The number of fused-ring (bicyclic) bond motifs is 1. The molecule has 3 nitrogen and oxygen atoms in total. The maximum Gasteiger partial charge on any atom is 0.160 e. The van der Waals surface area contributed by atoms with Crippen LogP contribution in [0.15, 0.2) is 188 Å². The van der Waals surface area contributed by atoms with Crippen LogP contribution in [0.2, 0.25) is 0 Å². The van der Waals surface area contributed by atoms with Gasteiger partial charge in [0.25, 0.3) is 0 Å². The van der Waals surface area contributed by atoms with Gasteiger partial charge in [0.15, 0.2) is 5.82 Å². The lowest BCUT2D eigenvalue weighted by atomic mass is 10.0. The molecule has 0 aliphatic carbocycles. The van der Waals surface area contributed by atoms with Gasteiger partial charge < -0.3 is 4.90 Å². The first-order valence-corrected chi connectivity index (χ1v) is 15.8. The Morgan fingerprint density at radius 1 is 0.340 bits per heavy atom. The number of hydrogen-bond acceptors (Lipinski definition) is 3. The molecule has 0 saturated heterocycles. The van der Waals surface area contributed by atoms with Crippen LogP contribution in [0.5, 0.6) is 0 Å². The van der Waals surface area contributed by atoms with Crippen molar-refractivity contribution < 1.29 is 0 Å². The Kier molecular flexibility index (Phi) is 7.54. The summed E-state index contributed by atoms with van der Waals surface area (Å²) >= 11 is 0. The van der Waals surface area contributed by atoms with Gasteiger partial charge in [-0.05, 0) is 52.9 Å². The van der Waals surface area contributed by atoms with Crippen LogP contribution in [0, 0.1) is 0 Å². The van der Waals surface area contributed by atoms with E-state index in [1.807, 2.05) is 36.4 Å². The van der Waals surface area contributed by atoms with E-state index in [2.05, 4.69) is 157 Å². The summed E-state index contributed by atoms with van der Waals surface area (Å²) in [7, 11) is 0. The Morgan fingerprint density at radius 3 is 1.43 bits per heavy atom. The van der Waals surface area contributed by atoms with Crippen molar-refractivity contribution in [2.75, 3.05) is 4.90 Å². The number of rotatable bonds is 7. The average molecular weight is 602 g/mol. The summed E-state index contributed by atoms with van der Waals surface area (Å²) in [6.07, 6.45) is 0. The van der Waals surface area contributed by atoms with E-state index in [0.29, 0.717) is 5.82 Å². The summed E-state index contributed by atoms with van der Waals surface area (Å²) < 4.78 is 0. The molecule has 1 heterocycles. The molecule has 0 aliphatic rings. The molecular weight excluding hydrogens is 571 g/mol. The lowest BCUT2D eigenvalue weighted by Gasteiger charge is -2.27. The van der Waals surface area contributed by atoms with Gasteiger partial charge in [-0.15, -0.1) is 0 Å². The van der Waals surface area contributed by atoms with E-state index in [1.165, 1.54) is 10.8 Å². The highest BCUT2D eigenvalue weighted by Gasteiger charge is 2.15. The van der Waals surface area contributed by atoms with Crippen molar-refractivity contribution in [3.63, 3.8) is 0 Å². The minimum Gasteiger partial charge on any atom is -0.310 e. The average Bonchev–Trinajstić information content (AvgIpc) is 3.16. The lowest BCUT2D eigenvalue weighted by Crippen LogP contribution is -2.10. The number of para-hydroxylation sites is 1. The molecule has 8 aromatic rings. The lowest BCUT2D eigenvalue weighted by molar-refractivity contribution is 1.18. The molecule has 0 amide bonds. The zero-order valence-corrected chi connectivity index (χ0v) is 25.7. The fourth-order valence-corrected chi connectivity index (χ4v) is 6.11. The first kappa shape index (κ1) is 28.2.